The topological polar surface area (TPSA) is 45.3 Å². The van der Waals surface area contributed by atoms with E-state index in [2.05, 4.69) is 4.98 Å². The summed E-state index contributed by atoms with van der Waals surface area (Å²) in [7, 11) is 0. The van der Waals surface area contributed by atoms with Crippen molar-refractivity contribution in [2.24, 2.45) is 0 Å². The monoisotopic (exact) mass is 324 g/mol. The van der Waals surface area contributed by atoms with E-state index in [1.807, 2.05) is 30.5 Å². The number of halogens is 1. The van der Waals surface area contributed by atoms with Crippen molar-refractivity contribution in [1.82, 2.24) is 9.88 Å². The maximum atomic E-state index is 14.0. The molecule has 0 aliphatic carbocycles. The molecular formula is C19H17FN2O2. The molecule has 0 radical (unpaired) electrons. The Hall–Kier alpha value is -2.66. The lowest BCUT2D eigenvalue weighted by Gasteiger charge is -2.33. The van der Waals surface area contributed by atoms with Crippen molar-refractivity contribution in [3.63, 3.8) is 0 Å². The van der Waals surface area contributed by atoms with Gasteiger partial charge in [-0.2, -0.15) is 0 Å². The van der Waals surface area contributed by atoms with Gasteiger partial charge in [-0.15, -0.1) is 0 Å². The zero-order valence-corrected chi connectivity index (χ0v) is 13.0. The average Bonchev–Trinajstić information content (AvgIpc) is 3.09. The van der Waals surface area contributed by atoms with Gasteiger partial charge >= 0.3 is 0 Å². The van der Waals surface area contributed by atoms with Crippen molar-refractivity contribution in [3.8, 4) is 0 Å². The highest BCUT2D eigenvalue weighted by molar-refractivity contribution is 5.98. The molecule has 122 valence electrons. The first-order valence-electron chi connectivity index (χ1n) is 7.95. The Morgan fingerprint density at radius 1 is 1.21 bits per heavy atom. The van der Waals surface area contributed by atoms with Crippen LogP contribution in [0, 0.1) is 5.82 Å². The first-order chi connectivity index (χ1) is 11.7. The smallest absolute Gasteiger partial charge is 0.254 e. The summed E-state index contributed by atoms with van der Waals surface area (Å²) in [6.07, 6.45) is 1.42. The Labute approximate surface area is 138 Å². The minimum Gasteiger partial charge on any atom is -0.370 e. The lowest BCUT2D eigenvalue weighted by atomic mass is 10.1. The van der Waals surface area contributed by atoms with E-state index in [4.69, 9.17) is 4.74 Å². The van der Waals surface area contributed by atoms with Crippen molar-refractivity contribution >= 4 is 16.8 Å². The van der Waals surface area contributed by atoms with Gasteiger partial charge in [0.2, 0.25) is 0 Å². The van der Waals surface area contributed by atoms with E-state index >= 15 is 0 Å². The Kier molecular flexibility index (Phi) is 3.78. The van der Waals surface area contributed by atoms with Crippen LogP contribution in [0.25, 0.3) is 10.9 Å². The molecule has 2 heterocycles. The molecule has 1 aromatic heterocycles. The van der Waals surface area contributed by atoms with Crippen LogP contribution in [0.15, 0.2) is 54.7 Å². The number of fused-ring (bicyclic) bond motifs is 1. The van der Waals surface area contributed by atoms with Crippen LogP contribution in [-0.4, -0.2) is 35.5 Å². The van der Waals surface area contributed by atoms with Crippen molar-refractivity contribution in [2.75, 3.05) is 19.7 Å². The first kappa shape index (κ1) is 14.9. The van der Waals surface area contributed by atoms with Crippen molar-refractivity contribution < 1.29 is 13.9 Å². The standard InChI is InChI=1S/C19H17FN2O2/c20-16-4-2-1-3-15(16)18-12-22(9-10-24-18)19(23)14-6-5-13-7-8-21-17(13)11-14/h1-8,11,18,21H,9-10,12H2/t18-/m1/s1. The van der Waals surface area contributed by atoms with E-state index in [9.17, 15) is 9.18 Å². The lowest BCUT2D eigenvalue weighted by Crippen LogP contribution is -2.42. The third-order valence-corrected chi connectivity index (χ3v) is 4.41. The van der Waals surface area contributed by atoms with Gasteiger partial charge < -0.3 is 14.6 Å². The maximum absolute atomic E-state index is 14.0. The summed E-state index contributed by atoms with van der Waals surface area (Å²) >= 11 is 0. The van der Waals surface area contributed by atoms with Crippen molar-refractivity contribution in [1.29, 1.82) is 0 Å². The fourth-order valence-corrected chi connectivity index (χ4v) is 3.12. The lowest BCUT2D eigenvalue weighted by molar-refractivity contribution is -0.0243. The zero-order valence-electron chi connectivity index (χ0n) is 13.0. The van der Waals surface area contributed by atoms with Gasteiger partial charge in [0.15, 0.2) is 0 Å². The van der Waals surface area contributed by atoms with Gasteiger partial charge in [-0.1, -0.05) is 24.3 Å². The number of rotatable bonds is 2. The highest BCUT2D eigenvalue weighted by Gasteiger charge is 2.27. The number of hydrogen-bond acceptors (Lipinski definition) is 2. The number of carbonyl (C=O) groups is 1. The predicted molar refractivity (Wildman–Crippen MR) is 89.3 cm³/mol. The molecule has 0 spiro atoms. The van der Waals surface area contributed by atoms with Crippen LogP contribution in [0.1, 0.15) is 22.0 Å². The van der Waals surface area contributed by atoms with Gasteiger partial charge in [0, 0.05) is 29.4 Å². The van der Waals surface area contributed by atoms with Crippen LogP contribution in [0.5, 0.6) is 0 Å². The fraction of sp³-hybridized carbons (Fsp3) is 0.211. The Morgan fingerprint density at radius 2 is 2.08 bits per heavy atom. The number of hydrogen-bond donors (Lipinski definition) is 1. The van der Waals surface area contributed by atoms with Crippen LogP contribution in [0.2, 0.25) is 0 Å². The third-order valence-electron chi connectivity index (χ3n) is 4.41. The average molecular weight is 324 g/mol. The molecule has 5 heteroatoms. The molecule has 1 aliphatic rings. The second kappa shape index (κ2) is 6.09. The first-order valence-corrected chi connectivity index (χ1v) is 7.95. The molecule has 1 atom stereocenters. The highest BCUT2D eigenvalue weighted by atomic mass is 19.1. The minimum atomic E-state index is -0.432. The Balaban J connectivity index is 1.57. The molecule has 4 rings (SSSR count). The molecule has 0 saturated carbocycles. The highest BCUT2D eigenvalue weighted by Crippen LogP contribution is 2.26. The molecule has 24 heavy (non-hydrogen) atoms. The second-order valence-corrected chi connectivity index (χ2v) is 5.91. The predicted octanol–water partition coefficient (Wildman–Crippen LogP) is 3.52. The molecule has 1 fully saturated rings. The van der Waals surface area contributed by atoms with Crippen molar-refractivity contribution in [3.05, 3.63) is 71.7 Å². The second-order valence-electron chi connectivity index (χ2n) is 5.91. The number of morpholine rings is 1. The van der Waals surface area contributed by atoms with Crippen LogP contribution < -0.4 is 0 Å². The zero-order chi connectivity index (χ0) is 16.5. The van der Waals surface area contributed by atoms with Crippen LogP contribution in [0.4, 0.5) is 4.39 Å². The molecule has 4 nitrogen and oxygen atoms in total. The molecule has 1 saturated heterocycles. The van der Waals surface area contributed by atoms with Gasteiger partial charge in [0.05, 0.1) is 13.2 Å². The third kappa shape index (κ3) is 2.67. The fourth-order valence-electron chi connectivity index (χ4n) is 3.12. The normalized spacial score (nSPS) is 18.0. The number of nitrogens with zero attached hydrogens (tertiary/aromatic N) is 1. The van der Waals surface area contributed by atoms with E-state index in [-0.39, 0.29) is 11.7 Å². The number of nitrogens with one attached hydrogen (secondary N) is 1. The summed E-state index contributed by atoms with van der Waals surface area (Å²) in [5.41, 5.74) is 2.05. The number of amides is 1. The van der Waals surface area contributed by atoms with Gasteiger partial charge in [-0.3, -0.25) is 4.79 Å². The Morgan fingerprint density at radius 3 is 2.96 bits per heavy atom. The van der Waals surface area contributed by atoms with Gasteiger partial charge in [-0.25, -0.2) is 4.39 Å². The minimum absolute atomic E-state index is 0.0591. The van der Waals surface area contributed by atoms with Crippen LogP contribution in [0.3, 0.4) is 0 Å². The quantitative estimate of drug-likeness (QED) is 0.784. The molecule has 0 bridgehead atoms. The molecule has 1 N–H and O–H groups in total. The van der Waals surface area contributed by atoms with E-state index in [0.717, 1.165) is 10.9 Å². The summed E-state index contributed by atoms with van der Waals surface area (Å²) in [4.78, 5) is 17.6. The van der Waals surface area contributed by atoms with Crippen LogP contribution >= 0.6 is 0 Å². The summed E-state index contributed by atoms with van der Waals surface area (Å²) < 4.78 is 19.7. The van der Waals surface area contributed by atoms with Gasteiger partial charge in [0.1, 0.15) is 11.9 Å². The van der Waals surface area contributed by atoms with Crippen molar-refractivity contribution in [2.45, 2.75) is 6.10 Å². The van der Waals surface area contributed by atoms with Gasteiger partial charge in [0.25, 0.3) is 5.91 Å². The Bertz CT molecular complexity index is 890. The summed E-state index contributed by atoms with van der Waals surface area (Å²) in [5, 5.41) is 1.07. The molecule has 1 amide bonds. The molecular weight excluding hydrogens is 307 g/mol. The molecule has 3 aromatic rings. The van der Waals surface area contributed by atoms with E-state index in [1.165, 1.54) is 6.07 Å². The summed E-state index contributed by atoms with van der Waals surface area (Å²) in [6.45, 7) is 1.25. The largest absolute Gasteiger partial charge is 0.370 e. The number of benzene rings is 2. The molecule has 0 unspecified atom stereocenters. The number of ether oxygens (including phenoxy) is 1. The number of aromatic amines is 1. The molecule has 2 aromatic carbocycles. The maximum Gasteiger partial charge on any atom is 0.254 e. The summed E-state index contributed by atoms with van der Waals surface area (Å²) in [5.74, 6) is -0.360. The van der Waals surface area contributed by atoms with Gasteiger partial charge in [-0.05, 0) is 29.7 Å². The number of H-pyrrole nitrogens is 1. The summed E-state index contributed by atoms with van der Waals surface area (Å²) in [6, 6.07) is 14.1. The van der Waals surface area contributed by atoms with Crippen LogP contribution in [-0.2, 0) is 4.74 Å². The molecule has 1 aliphatic heterocycles. The van der Waals surface area contributed by atoms with E-state index in [1.54, 1.807) is 23.1 Å². The number of aromatic nitrogens is 1. The SMILES string of the molecule is O=C(c1ccc2cc[nH]c2c1)N1CCO[C@@H](c2ccccc2F)C1. The number of carbonyl (C=O) groups excluding carboxylic acids is 1. The van der Waals surface area contributed by atoms with E-state index < -0.39 is 6.10 Å². The van der Waals surface area contributed by atoms with E-state index in [0.29, 0.717) is 30.8 Å².